The molecule has 0 saturated carbocycles. The highest BCUT2D eigenvalue weighted by atomic mass is 35.5. The minimum atomic E-state index is -4.20. The monoisotopic (exact) mass is 511 g/mol. The van der Waals surface area contributed by atoms with Gasteiger partial charge in [0.2, 0.25) is 5.91 Å². The maximum atomic E-state index is 12.7. The van der Waals surface area contributed by atoms with Crippen LogP contribution < -0.4 is 10.9 Å². The molecular weight excluding hydrogens is 497 g/mol. The number of β-lactam (4-membered cyclic amide) rings is 1. The highest BCUT2D eigenvalue weighted by molar-refractivity contribution is 7.94. The predicted octanol–water partition coefficient (Wildman–Crippen LogP) is -0.0257. The van der Waals surface area contributed by atoms with Crippen LogP contribution in [-0.4, -0.2) is 75.3 Å². The SMILES string of the molecule is C[C@]1(COC(=O)NNC(=O)c2c(Cl)cc(O)c(O)c2Cl)[C@H](C(=O)O)N2C(=O)C[C@H]2S1(=O)=O. The van der Waals surface area contributed by atoms with E-state index < -0.39 is 78.6 Å². The standard InChI is InChI=1S/C16H15Cl2N3O10S/c1-16(12(14(26)27)21-7(23)3-8(21)32(16,29)30)4-31-15(28)20-19-13(25)9-5(17)2-6(22)11(24)10(9)18/h2,8,12,22,24H,3-4H2,1H3,(H,19,25)(H,20,28)(H,26,27)/t8-,12+,16+/m1/s1. The molecule has 3 amide bonds. The molecule has 0 aromatic heterocycles. The van der Waals surface area contributed by atoms with Crippen LogP contribution in [0.3, 0.4) is 0 Å². The fraction of sp³-hybridized carbons (Fsp3) is 0.375. The van der Waals surface area contributed by atoms with Gasteiger partial charge in [0.1, 0.15) is 21.8 Å². The second-order valence-electron chi connectivity index (χ2n) is 7.13. The van der Waals surface area contributed by atoms with E-state index in [0.29, 0.717) is 0 Å². The van der Waals surface area contributed by atoms with Gasteiger partial charge < -0.3 is 25.0 Å². The Labute approximate surface area is 189 Å². The molecule has 1 aromatic rings. The Morgan fingerprint density at radius 2 is 1.91 bits per heavy atom. The van der Waals surface area contributed by atoms with Crippen molar-refractivity contribution in [2.24, 2.45) is 0 Å². The average molecular weight is 512 g/mol. The second-order valence-corrected chi connectivity index (χ2v) is 10.5. The van der Waals surface area contributed by atoms with Gasteiger partial charge in [-0.25, -0.2) is 23.4 Å². The largest absolute Gasteiger partial charge is 0.504 e. The molecule has 2 heterocycles. The number of nitrogens with zero attached hydrogens (tertiary/aromatic N) is 1. The van der Waals surface area contributed by atoms with E-state index in [-0.39, 0.29) is 11.4 Å². The van der Waals surface area contributed by atoms with Gasteiger partial charge in [-0.1, -0.05) is 23.2 Å². The number of phenols is 2. The normalized spacial score (nSPS) is 25.5. The number of sulfone groups is 1. The first-order chi connectivity index (χ1) is 14.7. The average Bonchev–Trinajstić information content (AvgIpc) is 2.83. The topological polar surface area (TPSA) is 200 Å². The number of halogens is 2. The van der Waals surface area contributed by atoms with Gasteiger partial charge in [-0.2, -0.15) is 0 Å². The molecule has 2 aliphatic heterocycles. The van der Waals surface area contributed by atoms with E-state index in [1.807, 2.05) is 5.43 Å². The van der Waals surface area contributed by atoms with Crippen LogP contribution in [0, 0.1) is 0 Å². The predicted molar refractivity (Wildman–Crippen MR) is 106 cm³/mol. The zero-order valence-electron chi connectivity index (χ0n) is 16.0. The fourth-order valence-electron chi connectivity index (χ4n) is 3.49. The van der Waals surface area contributed by atoms with Gasteiger partial charge in [0, 0.05) is 6.07 Å². The molecule has 32 heavy (non-hydrogen) atoms. The summed E-state index contributed by atoms with van der Waals surface area (Å²) < 4.78 is 28.1. The number of carboxylic acids is 1. The van der Waals surface area contributed by atoms with Gasteiger partial charge in [0.25, 0.3) is 5.91 Å². The van der Waals surface area contributed by atoms with Crippen molar-refractivity contribution in [3.05, 3.63) is 21.7 Å². The van der Waals surface area contributed by atoms with Crippen molar-refractivity contribution in [1.29, 1.82) is 0 Å². The van der Waals surface area contributed by atoms with Crippen LogP contribution in [0.2, 0.25) is 10.0 Å². The van der Waals surface area contributed by atoms with Crippen LogP contribution in [0.1, 0.15) is 23.7 Å². The number of carboxylic acid groups (broad SMARTS) is 1. The third-order valence-corrected chi connectivity index (χ3v) is 8.63. The van der Waals surface area contributed by atoms with Gasteiger partial charge in [0.15, 0.2) is 27.4 Å². The van der Waals surface area contributed by atoms with Crippen molar-refractivity contribution in [2.45, 2.75) is 29.5 Å². The quantitative estimate of drug-likeness (QED) is 0.207. The lowest BCUT2D eigenvalue weighted by molar-refractivity contribution is -0.158. The van der Waals surface area contributed by atoms with Gasteiger partial charge in [0.05, 0.1) is 17.0 Å². The van der Waals surface area contributed by atoms with Crippen LogP contribution in [0.25, 0.3) is 0 Å². The van der Waals surface area contributed by atoms with E-state index in [4.69, 9.17) is 27.9 Å². The number of hydrogen-bond donors (Lipinski definition) is 5. The number of aliphatic carboxylic acids is 1. The summed E-state index contributed by atoms with van der Waals surface area (Å²) in [5.74, 6) is -4.88. The molecule has 0 aliphatic carbocycles. The van der Waals surface area contributed by atoms with Gasteiger partial charge in [-0.3, -0.25) is 15.0 Å². The number of fused-ring (bicyclic) bond motifs is 1. The van der Waals surface area contributed by atoms with E-state index in [0.717, 1.165) is 17.9 Å². The van der Waals surface area contributed by atoms with Gasteiger partial charge in [-0.15, -0.1) is 0 Å². The second kappa shape index (κ2) is 7.86. The number of hydrazine groups is 1. The van der Waals surface area contributed by atoms with Gasteiger partial charge in [-0.05, 0) is 6.92 Å². The zero-order valence-corrected chi connectivity index (χ0v) is 18.3. The Morgan fingerprint density at radius 3 is 2.47 bits per heavy atom. The van der Waals surface area contributed by atoms with Crippen molar-refractivity contribution >= 4 is 56.9 Å². The summed E-state index contributed by atoms with van der Waals surface area (Å²) in [5, 5.41) is 26.2. The number of ether oxygens (including phenoxy) is 1. The van der Waals surface area contributed by atoms with Gasteiger partial charge >= 0.3 is 12.1 Å². The third kappa shape index (κ3) is 3.43. The molecule has 0 bridgehead atoms. The Balaban J connectivity index is 1.69. The highest BCUT2D eigenvalue weighted by Gasteiger charge is 2.70. The summed E-state index contributed by atoms with van der Waals surface area (Å²) >= 11 is 11.5. The molecule has 2 saturated heterocycles. The van der Waals surface area contributed by atoms with E-state index in [1.165, 1.54) is 0 Å². The Bertz CT molecular complexity index is 1160. The molecule has 3 rings (SSSR count). The number of carbonyl (C=O) groups is 4. The lowest BCUT2D eigenvalue weighted by Crippen LogP contribution is -2.58. The minimum absolute atomic E-state index is 0.360. The summed E-state index contributed by atoms with van der Waals surface area (Å²) in [6.45, 7) is 0.104. The third-order valence-electron chi connectivity index (χ3n) is 5.21. The maximum Gasteiger partial charge on any atom is 0.426 e. The number of carbonyl (C=O) groups excluding carboxylic acids is 3. The summed E-state index contributed by atoms with van der Waals surface area (Å²) in [6, 6.07) is -0.933. The van der Waals surface area contributed by atoms with E-state index >= 15 is 0 Å². The number of rotatable bonds is 4. The number of phenolic OH excluding ortho intramolecular Hbond substituents is 2. The molecule has 2 fully saturated rings. The lowest BCUT2D eigenvalue weighted by atomic mass is 9.97. The molecule has 174 valence electrons. The van der Waals surface area contributed by atoms with E-state index in [1.54, 1.807) is 5.43 Å². The number of benzene rings is 1. The molecule has 0 radical (unpaired) electrons. The minimum Gasteiger partial charge on any atom is -0.504 e. The molecule has 16 heteroatoms. The van der Waals surface area contributed by atoms with E-state index in [2.05, 4.69) is 0 Å². The first-order valence-electron chi connectivity index (χ1n) is 8.64. The Morgan fingerprint density at radius 1 is 1.28 bits per heavy atom. The Kier molecular flexibility index (Phi) is 5.82. The molecule has 0 unspecified atom stereocenters. The molecule has 13 nitrogen and oxygen atoms in total. The van der Waals surface area contributed by atoms with Crippen molar-refractivity contribution < 1.29 is 47.7 Å². The van der Waals surface area contributed by atoms with Crippen molar-refractivity contribution in [2.75, 3.05) is 6.61 Å². The van der Waals surface area contributed by atoms with Crippen LogP contribution in [0.4, 0.5) is 4.79 Å². The smallest absolute Gasteiger partial charge is 0.426 e. The Hall–Kier alpha value is -2.97. The summed E-state index contributed by atoms with van der Waals surface area (Å²) in [6.07, 6.45) is -1.74. The molecule has 0 spiro atoms. The lowest BCUT2D eigenvalue weighted by Gasteiger charge is -2.35. The summed E-state index contributed by atoms with van der Waals surface area (Å²) in [7, 11) is -4.20. The van der Waals surface area contributed by atoms with Crippen LogP contribution in [0.5, 0.6) is 11.5 Å². The van der Waals surface area contributed by atoms with Crippen molar-refractivity contribution in [1.82, 2.24) is 15.8 Å². The summed E-state index contributed by atoms with van der Waals surface area (Å²) in [4.78, 5) is 48.3. The molecule has 1 aromatic carbocycles. The summed E-state index contributed by atoms with van der Waals surface area (Å²) in [5.41, 5.74) is 3.14. The molecule has 3 atom stereocenters. The number of amides is 3. The van der Waals surface area contributed by atoms with E-state index in [9.17, 15) is 42.9 Å². The molecular formula is C16H15Cl2N3O10S. The zero-order chi connectivity index (χ0) is 24.2. The van der Waals surface area contributed by atoms with Crippen LogP contribution >= 0.6 is 23.2 Å². The van der Waals surface area contributed by atoms with Crippen molar-refractivity contribution in [3.8, 4) is 11.5 Å². The first-order valence-corrected chi connectivity index (χ1v) is 10.9. The number of hydrogen-bond acceptors (Lipinski definition) is 9. The maximum absolute atomic E-state index is 12.7. The first kappa shape index (κ1) is 23.7. The molecule has 2 aliphatic rings. The van der Waals surface area contributed by atoms with Crippen LogP contribution in [0.15, 0.2) is 6.07 Å². The van der Waals surface area contributed by atoms with Crippen molar-refractivity contribution in [3.63, 3.8) is 0 Å². The fourth-order valence-corrected chi connectivity index (χ4v) is 6.38. The number of aromatic hydroxyl groups is 2. The molecule has 5 N–H and O–H groups in total. The highest BCUT2D eigenvalue weighted by Crippen LogP contribution is 2.46. The van der Waals surface area contributed by atoms with Crippen LogP contribution in [-0.2, 0) is 24.2 Å². The number of nitrogens with one attached hydrogen (secondary N) is 2.